The molecule has 0 aromatic rings. The highest BCUT2D eigenvalue weighted by Gasteiger charge is 2.60. The van der Waals surface area contributed by atoms with Gasteiger partial charge in [0, 0.05) is 12.0 Å². The molecule has 4 aliphatic carbocycles. The van der Waals surface area contributed by atoms with Gasteiger partial charge in [-0.05, 0) is 37.0 Å². The van der Waals surface area contributed by atoms with Crippen molar-refractivity contribution in [1.29, 1.82) is 0 Å². The van der Waals surface area contributed by atoms with Gasteiger partial charge in [0.25, 0.3) is 0 Å². The van der Waals surface area contributed by atoms with Crippen LogP contribution < -0.4 is 0 Å². The first-order chi connectivity index (χ1) is 7.20. The smallest absolute Gasteiger partial charge is 0.330 e. The number of hydrogen-bond donors (Lipinski definition) is 1. The van der Waals surface area contributed by atoms with Crippen molar-refractivity contribution in [3.63, 3.8) is 0 Å². The molecular formula is C12H16O3. The molecule has 4 aliphatic rings. The Morgan fingerprint density at radius 3 is 2.67 bits per heavy atom. The zero-order valence-electron chi connectivity index (χ0n) is 8.63. The van der Waals surface area contributed by atoms with Gasteiger partial charge in [0.1, 0.15) is 6.10 Å². The van der Waals surface area contributed by atoms with Crippen LogP contribution in [-0.2, 0) is 9.53 Å². The molecule has 15 heavy (non-hydrogen) atoms. The van der Waals surface area contributed by atoms with Crippen LogP contribution in [0.1, 0.15) is 19.3 Å². The third-order valence-corrected chi connectivity index (χ3v) is 4.50. The van der Waals surface area contributed by atoms with Crippen LogP contribution >= 0.6 is 0 Å². The number of aliphatic hydroxyl groups is 1. The predicted octanol–water partition coefficient (Wildman–Crippen LogP) is 1.12. The van der Waals surface area contributed by atoms with Gasteiger partial charge >= 0.3 is 5.97 Å². The molecule has 0 aliphatic heterocycles. The molecule has 4 saturated carbocycles. The van der Waals surface area contributed by atoms with Crippen molar-refractivity contribution < 1.29 is 14.6 Å². The maximum atomic E-state index is 11.2. The van der Waals surface area contributed by atoms with Crippen molar-refractivity contribution >= 4 is 5.97 Å². The van der Waals surface area contributed by atoms with Gasteiger partial charge in [0.2, 0.25) is 0 Å². The minimum atomic E-state index is -0.344. The van der Waals surface area contributed by atoms with Gasteiger partial charge in [-0.2, -0.15) is 0 Å². The van der Waals surface area contributed by atoms with E-state index in [4.69, 9.17) is 4.74 Å². The molecule has 4 rings (SSSR count). The fourth-order valence-electron chi connectivity index (χ4n) is 4.04. The highest BCUT2D eigenvalue weighted by molar-refractivity contribution is 5.81. The van der Waals surface area contributed by atoms with Crippen molar-refractivity contribution in [2.24, 2.45) is 23.7 Å². The molecule has 0 heterocycles. The summed E-state index contributed by atoms with van der Waals surface area (Å²) in [4.78, 5) is 11.2. The molecule has 4 fully saturated rings. The van der Waals surface area contributed by atoms with Crippen molar-refractivity contribution in [3.05, 3.63) is 12.7 Å². The molecule has 3 nitrogen and oxygen atoms in total. The van der Waals surface area contributed by atoms with Gasteiger partial charge in [-0.15, -0.1) is 0 Å². The Kier molecular flexibility index (Phi) is 1.93. The summed E-state index contributed by atoms with van der Waals surface area (Å²) in [6, 6.07) is 0. The summed E-state index contributed by atoms with van der Waals surface area (Å²) < 4.78 is 5.38. The van der Waals surface area contributed by atoms with E-state index in [2.05, 4.69) is 6.58 Å². The average molecular weight is 208 g/mol. The first kappa shape index (κ1) is 9.40. The summed E-state index contributed by atoms with van der Waals surface area (Å²) in [5.74, 6) is 1.41. The molecule has 6 atom stereocenters. The molecule has 0 amide bonds. The van der Waals surface area contributed by atoms with Crippen LogP contribution in [0.5, 0.6) is 0 Å². The van der Waals surface area contributed by atoms with E-state index in [0.29, 0.717) is 17.8 Å². The fourth-order valence-corrected chi connectivity index (χ4v) is 4.04. The Bertz CT molecular complexity index is 310. The Morgan fingerprint density at radius 2 is 1.93 bits per heavy atom. The molecular weight excluding hydrogens is 192 g/mol. The van der Waals surface area contributed by atoms with Crippen molar-refractivity contribution in [1.82, 2.24) is 0 Å². The van der Waals surface area contributed by atoms with Gasteiger partial charge in [-0.25, -0.2) is 4.79 Å². The third kappa shape index (κ3) is 1.19. The summed E-state index contributed by atoms with van der Waals surface area (Å²) in [5, 5.41) is 10.0. The third-order valence-electron chi connectivity index (χ3n) is 4.50. The predicted molar refractivity (Wildman–Crippen MR) is 53.9 cm³/mol. The summed E-state index contributed by atoms with van der Waals surface area (Å²) in [5.41, 5.74) is 0. The first-order valence-corrected chi connectivity index (χ1v) is 5.72. The number of aliphatic hydroxyl groups excluding tert-OH is 1. The maximum absolute atomic E-state index is 11.2. The lowest BCUT2D eigenvalue weighted by atomic mass is 9.79. The molecule has 0 aromatic carbocycles. The van der Waals surface area contributed by atoms with E-state index < -0.39 is 0 Å². The van der Waals surface area contributed by atoms with Gasteiger partial charge in [0.15, 0.2) is 0 Å². The van der Waals surface area contributed by atoms with Crippen LogP contribution in [0.25, 0.3) is 0 Å². The molecule has 0 saturated heterocycles. The molecule has 82 valence electrons. The molecule has 0 spiro atoms. The average Bonchev–Trinajstić information content (AvgIpc) is 2.60. The van der Waals surface area contributed by atoms with E-state index in [9.17, 15) is 9.90 Å². The quantitative estimate of drug-likeness (QED) is 0.546. The maximum Gasteiger partial charge on any atom is 0.330 e. The lowest BCUT2D eigenvalue weighted by molar-refractivity contribution is -0.152. The molecule has 0 radical (unpaired) electrons. The monoisotopic (exact) mass is 208 g/mol. The number of hydrogen-bond acceptors (Lipinski definition) is 3. The number of esters is 1. The lowest BCUT2D eigenvalue weighted by Crippen LogP contribution is -2.41. The van der Waals surface area contributed by atoms with Crippen LogP contribution in [0, 0.1) is 23.7 Å². The largest absolute Gasteiger partial charge is 0.459 e. The Labute approximate surface area is 89.1 Å². The highest BCUT2D eigenvalue weighted by Crippen LogP contribution is 2.59. The summed E-state index contributed by atoms with van der Waals surface area (Å²) >= 11 is 0. The zero-order chi connectivity index (χ0) is 10.6. The standard InChI is InChI=1S/C12H16O3/c1-2-9(13)15-12-8-4-6-3-7(5-8)11(14)10(6)12/h2,6-8,10-12,14H,1,3-5H2/t6?,7-,8?,10?,11?,12+/m0/s1. The Morgan fingerprint density at radius 1 is 1.27 bits per heavy atom. The van der Waals surface area contributed by atoms with E-state index >= 15 is 0 Å². The molecule has 4 bridgehead atoms. The lowest BCUT2D eigenvalue weighted by Gasteiger charge is -2.34. The Hall–Kier alpha value is -0.830. The van der Waals surface area contributed by atoms with Gasteiger partial charge in [-0.1, -0.05) is 6.58 Å². The second kappa shape index (κ2) is 3.08. The number of carbonyl (C=O) groups is 1. The van der Waals surface area contributed by atoms with Crippen molar-refractivity contribution in [3.8, 4) is 0 Å². The number of rotatable bonds is 2. The van der Waals surface area contributed by atoms with Gasteiger partial charge in [-0.3, -0.25) is 0 Å². The van der Waals surface area contributed by atoms with Gasteiger partial charge < -0.3 is 9.84 Å². The summed E-state index contributed by atoms with van der Waals surface area (Å²) in [7, 11) is 0. The van der Waals surface area contributed by atoms with Crippen LogP contribution in [0.3, 0.4) is 0 Å². The summed E-state index contributed by atoms with van der Waals surface area (Å²) in [6.07, 6.45) is 4.22. The number of carbonyl (C=O) groups excluding carboxylic acids is 1. The van der Waals surface area contributed by atoms with Crippen LogP contribution in [0.15, 0.2) is 12.7 Å². The number of ether oxygens (including phenoxy) is 1. The van der Waals surface area contributed by atoms with Gasteiger partial charge in [0.05, 0.1) is 6.10 Å². The Balaban J connectivity index is 1.80. The van der Waals surface area contributed by atoms with Crippen LogP contribution in [0.2, 0.25) is 0 Å². The SMILES string of the molecule is C=CC(=O)O[C@@H]1C2CC3C[C@@H](C2)C(O)C31. The van der Waals surface area contributed by atoms with E-state index in [0.717, 1.165) is 19.3 Å². The normalized spacial score (nSPS) is 50.7. The minimum absolute atomic E-state index is 0.0470. The van der Waals surface area contributed by atoms with E-state index in [1.54, 1.807) is 0 Å². The van der Waals surface area contributed by atoms with E-state index in [1.165, 1.54) is 6.08 Å². The van der Waals surface area contributed by atoms with E-state index in [1.807, 2.05) is 0 Å². The molecule has 0 aromatic heterocycles. The molecule has 3 heteroatoms. The topological polar surface area (TPSA) is 46.5 Å². The van der Waals surface area contributed by atoms with Crippen LogP contribution in [0.4, 0.5) is 0 Å². The minimum Gasteiger partial charge on any atom is -0.459 e. The van der Waals surface area contributed by atoms with E-state index in [-0.39, 0.29) is 24.1 Å². The fraction of sp³-hybridized carbons (Fsp3) is 0.750. The highest BCUT2D eigenvalue weighted by atomic mass is 16.5. The first-order valence-electron chi connectivity index (χ1n) is 5.72. The second-order valence-electron chi connectivity index (χ2n) is 5.16. The van der Waals surface area contributed by atoms with Crippen molar-refractivity contribution in [2.75, 3.05) is 0 Å². The second-order valence-corrected chi connectivity index (χ2v) is 5.16. The zero-order valence-corrected chi connectivity index (χ0v) is 8.63. The van der Waals surface area contributed by atoms with Crippen molar-refractivity contribution in [2.45, 2.75) is 31.5 Å². The van der Waals surface area contributed by atoms with Crippen LogP contribution in [-0.4, -0.2) is 23.3 Å². The molecule has 1 N–H and O–H groups in total. The molecule has 4 unspecified atom stereocenters. The summed E-state index contributed by atoms with van der Waals surface area (Å²) in [6.45, 7) is 3.41.